The van der Waals surface area contributed by atoms with E-state index < -0.39 is 0 Å². The molecule has 4 atom stereocenters. The molecule has 3 nitrogen and oxygen atoms in total. The zero-order chi connectivity index (χ0) is 17.5. The molecule has 0 radical (unpaired) electrons. The fraction of sp³-hybridized carbons (Fsp3) is 0.409. The van der Waals surface area contributed by atoms with Gasteiger partial charge >= 0.3 is 6.03 Å². The molecule has 0 spiro atoms. The highest BCUT2D eigenvalue weighted by molar-refractivity contribution is 7.98. The van der Waals surface area contributed by atoms with Crippen LogP contribution in [-0.4, -0.2) is 44.7 Å². The van der Waals surface area contributed by atoms with E-state index in [9.17, 15) is 4.79 Å². The number of benzene rings is 2. The van der Waals surface area contributed by atoms with Crippen LogP contribution in [-0.2, 0) is 24.0 Å². The molecule has 3 saturated heterocycles. The van der Waals surface area contributed by atoms with Gasteiger partial charge in [0.2, 0.25) is 0 Å². The topological polar surface area (TPSA) is 23.6 Å². The molecular formula is C22H25BrN2OS. The Morgan fingerprint density at radius 3 is 2.11 bits per heavy atom. The molecule has 3 aliphatic rings. The van der Waals surface area contributed by atoms with Gasteiger partial charge in [0.25, 0.3) is 0 Å². The summed E-state index contributed by atoms with van der Waals surface area (Å²) in [6.07, 6.45) is 2.66. The zero-order valence-corrected chi connectivity index (χ0v) is 17.7. The summed E-state index contributed by atoms with van der Waals surface area (Å²) in [6.45, 7) is 1.50. The minimum absolute atomic E-state index is 0. The van der Waals surface area contributed by atoms with Gasteiger partial charge in [-0.25, -0.2) is 4.79 Å². The fourth-order valence-electron chi connectivity index (χ4n) is 4.96. The van der Waals surface area contributed by atoms with Crippen molar-refractivity contribution in [3.05, 3.63) is 71.8 Å². The standard InChI is InChI=1S/C22H25N2OS.BrH/c25-22-23(14-17-8-3-1-4-9-17)19-16-26-13-7-12-20(26)21(19)24(22)15-18-10-5-2-6-11-18;/h1-6,8-11,19-21H,7,12-16H2;1H/q+1;/p-1. The van der Waals surface area contributed by atoms with Crippen LogP contribution >= 0.6 is 0 Å². The lowest BCUT2D eigenvalue weighted by Gasteiger charge is -2.24. The number of urea groups is 1. The third-order valence-corrected chi connectivity index (χ3v) is 9.08. The van der Waals surface area contributed by atoms with E-state index in [4.69, 9.17) is 0 Å². The predicted octanol–water partition coefficient (Wildman–Crippen LogP) is 0.660. The van der Waals surface area contributed by atoms with Crippen molar-refractivity contribution in [2.45, 2.75) is 43.3 Å². The van der Waals surface area contributed by atoms with Crippen molar-refractivity contribution in [3.63, 3.8) is 0 Å². The lowest BCUT2D eigenvalue weighted by Crippen LogP contribution is -3.00. The van der Waals surface area contributed by atoms with Crippen molar-refractivity contribution in [2.24, 2.45) is 0 Å². The van der Waals surface area contributed by atoms with E-state index in [0.717, 1.165) is 18.3 Å². The van der Waals surface area contributed by atoms with Crippen LogP contribution in [0.1, 0.15) is 24.0 Å². The minimum Gasteiger partial charge on any atom is -1.00 e. The highest BCUT2D eigenvalue weighted by atomic mass is 79.9. The molecule has 0 bridgehead atoms. The van der Waals surface area contributed by atoms with Gasteiger partial charge in [0, 0.05) is 19.5 Å². The van der Waals surface area contributed by atoms with Gasteiger partial charge in [-0.2, -0.15) is 0 Å². The number of hydrogen-bond acceptors (Lipinski definition) is 1. The first-order valence-corrected chi connectivity index (χ1v) is 11.3. The molecule has 3 fully saturated rings. The summed E-state index contributed by atoms with van der Waals surface area (Å²) in [4.78, 5) is 17.7. The second-order valence-electron chi connectivity index (χ2n) is 7.66. The van der Waals surface area contributed by atoms with Gasteiger partial charge in [-0.3, -0.25) is 0 Å². The smallest absolute Gasteiger partial charge is 0.321 e. The molecule has 0 saturated carbocycles. The van der Waals surface area contributed by atoms with Crippen molar-refractivity contribution in [1.29, 1.82) is 0 Å². The monoisotopic (exact) mass is 444 g/mol. The lowest BCUT2D eigenvalue weighted by molar-refractivity contribution is -0.00000884. The first kappa shape index (κ1) is 18.9. The first-order chi connectivity index (χ1) is 12.8. The largest absolute Gasteiger partial charge is 1.00 e. The van der Waals surface area contributed by atoms with Gasteiger partial charge in [-0.05, 0) is 28.4 Å². The maximum Gasteiger partial charge on any atom is 0.321 e. The van der Waals surface area contributed by atoms with Crippen molar-refractivity contribution in [3.8, 4) is 0 Å². The Morgan fingerprint density at radius 2 is 1.48 bits per heavy atom. The number of halogens is 1. The lowest BCUT2D eigenvalue weighted by atomic mass is 10.0. The first-order valence-electron chi connectivity index (χ1n) is 9.62. The average molecular weight is 445 g/mol. The van der Waals surface area contributed by atoms with Crippen LogP contribution in [0.4, 0.5) is 4.79 Å². The van der Waals surface area contributed by atoms with E-state index in [-0.39, 0.29) is 23.0 Å². The summed E-state index contributed by atoms with van der Waals surface area (Å²) >= 11 is 0. The number of fused-ring (bicyclic) bond motifs is 3. The van der Waals surface area contributed by atoms with Crippen molar-refractivity contribution in [1.82, 2.24) is 9.80 Å². The summed E-state index contributed by atoms with van der Waals surface area (Å²) in [5, 5.41) is 0.730. The van der Waals surface area contributed by atoms with Gasteiger partial charge in [0.05, 0.1) is 0 Å². The highest BCUT2D eigenvalue weighted by Gasteiger charge is 2.62. The molecule has 142 valence electrons. The maximum absolute atomic E-state index is 13.4. The Balaban J connectivity index is 0.00000180. The molecule has 5 heteroatoms. The van der Waals surface area contributed by atoms with Crippen LogP contribution in [0, 0.1) is 0 Å². The number of rotatable bonds is 4. The molecule has 0 aliphatic carbocycles. The molecule has 0 N–H and O–H groups in total. The summed E-state index contributed by atoms with van der Waals surface area (Å²) in [6, 6.07) is 22.0. The van der Waals surface area contributed by atoms with Crippen LogP contribution in [0.15, 0.2) is 60.7 Å². The Hall–Kier alpha value is -1.46. The molecule has 0 aromatic heterocycles. The number of carbonyl (C=O) groups is 1. The summed E-state index contributed by atoms with van der Waals surface area (Å²) < 4.78 is 0. The molecule has 5 rings (SSSR count). The Kier molecular flexibility index (Phi) is 5.51. The average Bonchev–Trinajstić information content (AvgIpc) is 3.32. The Bertz CT molecular complexity index is 787. The van der Waals surface area contributed by atoms with E-state index in [2.05, 4.69) is 58.3 Å². The molecule has 2 aromatic carbocycles. The minimum atomic E-state index is 0. The molecule has 2 amide bonds. The van der Waals surface area contributed by atoms with Gasteiger partial charge in [-0.1, -0.05) is 60.7 Å². The molecule has 3 heterocycles. The predicted molar refractivity (Wildman–Crippen MR) is 107 cm³/mol. The maximum atomic E-state index is 13.4. The van der Waals surface area contributed by atoms with Crippen LogP contribution < -0.4 is 17.0 Å². The van der Waals surface area contributed by atoms with Crippen LogP contribution in [0.3, 0.4) is 0 Å². The van der Waals surface area contributed by atoms with Crippen LogP contribution in [0.2, 0.25) is 0 Å². The summed E-state index contributed by atoms with van der Waals surface area (Å²) in [5.41, 5.74) is 2.48. The second kappa shape index (κ2) is 7.88. The van der Waals surface area contributed by atoms with Gasteiger partial charge in [0.15, 0.2) is 0 Å². The SMILES string of the molecule is O=C1N(Cc2ccccc2)C2C[S+]3CCCC3C2N1Cc1ccccc1.[Br-]. The van der Waals surface area contributed by atoms with Crippen LogP contribution in [0.5, 0.6) is 0 Å². The number of nitrogens with zero attached hydrogens (tertiary/aromatic N) is 2. The second-order valence-corrected chi connectivity index (χ2v) is 10.1. The summed E-state index contributed by atoms with van der Waals surface area (Å²) in [5.74, 6) is 2.60. The molecule has 4 unspecified atom stereocenters. The zero-order valence-electron chi connectivity index (χ0n) is 15.3. The van der Waals surface area contributed by atoms with Crippen LogP contribution in [0.25, 0.3) is 0 Å². The van der Waals surface area contributed by atoms with Gasteiger partial charge in [0.1, 0.15) is 28.8 Å². The number of carbonyl (C=O) groups excluding carboxylic acids is 1. The summed E-state index contributed by atoms with van der Waals surface area (Å²) in [7, 11) is 0.515. The molecular weight excluding hydrogens is 420 g/mol. The normalized spacial score (nSPS) is 28.8. The Labute approximate surface area is 174 Å². The van der Waals surface area contributed by atoms with Gasteiger partial charge in [-0.15, -0.1) is 0 Å². The van der Waals surface area contributed by atoms with E-state index in [0.29, 0.717) is 23.0 Å². The van der Waals surface area contributed by atoms with Crippen molar-refractivity contribution >= 4 is 16.9 Å². The molecule has 3 aliphatic heterocycles. The third-order valence-electron chi connectivity index (χ3n) is 6.13. The third kappa shape index (κ3) is 3.40. The Morgan fingerprint density at radius 1 is 0.889 bits per heavy atom. The highest BCUT2D eigenvalue weighted by Crippen LogP contribution is 2.43. The van der Waals surface area contributed by atoms with Crippen molar-refractivity contribution < 1.29 is 21.8 Å². The van der Waals surface area contributed by atoms with E-state index >= 15 is 0 Å². The number of amides is 2. The van der Waals surface area contributed by atoms with Gasteiger partial charge < -0.3 is 26.8 Å². The number of hydrogen-bond donors (Lipinski definition) is 0. The molecule has 27 heavy (non-hydrogen) atoms. The van der Waals surface area contributed by atoms with E-state index in [1.807, 2.05) is 12.1 Å². The molecule has 2 aromatic rings. The van der Waals surface area contributed by atoms with Crippen molar-refractivity contribution in [2.75, 3.05) is 11.5 Å². The van der Waals surface area contributed by atoms with E-state index in [1.54, 1.807) is 0 Å². The van der Waals surface area contributed by atoms with E-state index in [1.165, 1.54) is 35.5 Å². The fourth-order valence-corrected chi connectivity index (χ4v) is 8.26. The quantitative estimate of drug-likeness (QED) is 0.501.